The minimum atomic E-state index is -0.559. The Morgan fingerprint density at radius 2 is 1.77 bits per heavy atom. The zero-order valence-electron chi connectivity index (χ0n) is 19.7. The van der Waals surface area contributed by atoms with Crippen LogP contribution in [0.4, 0.5) is 31.2 Å². The number of hydrogen-bond donors (Lipinski definition) is 3. The van der Waals surface area contributed by atoms with Crippen LogP contribution in [0.1, 0.15) is 29.9 Å². The summed E-state index contributed by atoms with van der Waals surface area (Å²) in [7, 11) is 1.56. The lowest BCUT2D eigenvalue weighted by molar-refractivity contribution is 0.194. The number of nitrogens with one attached hydrogen (secondary N) is 3. The van der Waals surface area contributed by atoms with Gasteiger partial charge in [0.15, 0.2) is 11.6 Å². The predicted octanol–water partition coefficient (Wildman–Crippen LogP) is 5.59. The van der Waals surface area contributed by atoms with Crippen LogP contribution in [-0.2, 0) is 0 Å². The SMILES string of the molecule is COc1ccc(C)cc1NC(=O)Nc1ccc(C2CCN(C(=O)Nc3ncccc3F)CC2)cc1. The minimum absolute atomic E-state index is 0.0624. The second-order valence-corrected chi connectivity index (χ2v) is 8.43. The van der Waals surface area contributed by atoms with Crippen LogP contribution in [0, 0.1) is 12.7 Å². The normalized spacial score (nSPS) is 13.7. The highest BCUT2D eigenvalue weighted by Gasteiger charge is 2.24. The first-order valence-corrected chi connectivity index (χ1v) is 11.4. The van der Waals surface area contributed by atoms with Crippen molar-refractivity contribution in [2.24, 2.45) is 0 Å². The molecule has 2 aromatic carbocycles. The van der Waals surface area contributed by atoms with E-state index in [9.17, 15) is 14.0 Å². The van der Waals surface area contributed by atoms with Crippen LogP contribution < -0.4 is 20.7 Å². The molecule has 1 fully saturated rings. The number of benzene rings is 2. The third kappa shape index (κ3) is 6.06. The molecular formula is C26H28FN5O3. The van der Waals surface area contributed by atoms with Crippen molar-refractivity contribution in [1.29, 1.82) is 0 Å². The number of urea groups is 2. The fourth-order valence-electron chi connectivity index (χ4n) is 4.12. The Morgan fingerprint density at radius 1 is 1.03 bits per heavy atom. The molecule has 35 heavy (non-hydrogen) atoms. The van der Waals surface area contributed by atoms with Crippen LogP contribution in [0.3, 0.4) is 0 Å². The van der Waals surface area contributed by atoms with E-state index in [-0.39, 0.29) is 17.9 Å². The van der Waals surface area contributed by atoms with Gasteiger partial charge in [0.05, 0.1) is 12.8 Å². The molecule has 4 amide bonds. The van der Waals surface area contributed by atoms with Crippen molar-refractivity contribution < 1.29 is 18.7 Å². The first kappa shape index (κ1) is 24.0. The lowest BCUT2D eigenvalue weighted by atomic mass is 9.89. The van der Waals surface area contributed by atoms with E-state index in [0.29, 0.717) is 36.1 Å². The molecule has 0 atom stereocenters. The van der Waals surface area contributed by atoms with Gasteiger partial charge in [0, 0.05) is 25.0 Å². The number of ether oxygens (including phenoxy) is 1. The van der Waals surface area contributed by atoms with E-state index in [1.165, 1.54) is 18.3 Å². The summed E-state index contributed by atoms with van der Waals surface area (Å²) in [6, 6.07) is 15.3. The molecule has 0 unspecified atom stereocenters. The average molecular weight is 478 g/mol. The zero-order valence-corrected chi connectivity index (χ0v) is 19.7. The third-order valence-corrected chi connectivity index (χ3v) is 6.01. The number of carbonyl (C=O) groups excluding carboxylic acids is 2. The molecule has 3 aromatic rings. The van der Waals surface area contributed by atoms with Gasteiger partial charge in [-0.05, 0) is 73.2 Å². The average Bonchev–Trinajstić information content (AvgIpc) is 2.86. The second-order valence-electron chi connectivity index (χ2n) is 8.43. The molecule has 0 bridgehead atoms. The van der Waals surface area contributed by atoms with Gasteiger partial charge in [-0.2, -0.15) is 0 Å². The molecule has 182 valence electrons. The number of piperidine rings is 1. The molecule has 1 saturated heterocycles. The van der Waals surface area contributed by atoms with Gasteiger partial charge >= 0.3 is 12.1 Å². The number of aromatic nitrogens is 1. The molecule has 1 aliphatic rings. The Hall–Kier alpha value is -4.14. The molecule has 4 rings (SSSR count). The maximum atomic E-state index is 13.7. The highest BCUT2D eigenvalue weighted by atomic mass is 19.1. The number of anilines is 3. The monoisotopic (exact) mass is 477 g/mol. The molecule has 1 aromatic heterocycles. The molecule has 0 saturated carbocycles. The van der Waals surface area contributed by atoms with Crippen molar-refractivity contribution in [1.82, 2.24) is 9.88 Å². The molecule has 0 aliphatic carbocycles. The Labute approximate surface area is 203 Å². The Balaban J connectivity index is 1.29. The topological polar surface area (TPSA) is 95.6 Å². The number of methoxy groups -OCH3 is 1. The summed E-state index contributed by atoms with van der Waals surface area (Å²) in [5.74, 6) is 0.264. The van der Waals surface area contributed by atoms with Crippen molar-refractivity contribution in [3.05, 3.63) is 77.7 Å². The van der Waals surface area contributed by atoms with Crippen molar-refractivity contribution >= 4 is 29.3 Å². The fourth-order valence-corrected chi connectivity index (χ4v) is 4.12. The molecule has 3 N–H and O–H groups in total. The molecule has 9 heteroatoms. The van der Waals surface area contributed by atoms with E-state index in [1.54, 1.807) is 12.0 Å². The molecule has 1 aliphatic heterocycles. The number of amides is 4. The van der Waals surface area contributed by atoms with Crippen molar-refractivity contribution in [2.75, 3.05) is 36.1 Å². The van der Waals surface area contributed by atoms with Crippen LogP contribution >= 0.6 is 0 Å². The Bertz CT molecular complexity index is 1190. The summed E-state index contributed by atoms with van der Waals surface area (Å²) in [5.41, 5.74) is 3.43. The lowest BCUT2D eigenvalue weighted by Crippen LogP contribution is -2.40. The van der Waals surface area contributed by atoms with Gasteiger partial charge in [-0.1, -0.05) is 18.2 Å². The van der Waals surface area contributed by atoms with E-state index in [4.69, 9.17) is 4.74 Å². The first-order chi connectivity index (χ1) is 16.9. The Morgan fingerprint density at radius 3 is 2.46 bits per heavy atom. The number of carbonyl (C=O) groups is 2. The van der Waals surface area contributed by atoms with Gasteiger partial charge in [-0.25, -0.2) is 19.0 Å². The Kier molecular flexibility index (Phi) is 7.45. The van der Waals surface area contributed by atoms with Gasteiger partial charge in [-0.15, -0.1) is 0 Å². The largest absolute Gasteiger partial charge is 0.495 e. The van der Waals surface area contributed by atoms with Gasteiger partial charge in [0.2, 0.25) is 0 Å². The summed E-state index contributed by atoms with van der Waals surface area (Å²) in [5, 5.41) is 8.19. The van der Waals surface area contributed by atoms with Gasteiger partial charge in [0.25, 0.3) is 0 Å². The second kappa shape index (κ2) is 10.9. The standard InChI is InChI=1S/C26H28FN5O3/c1-17-5-10-23(35-2)22(16-17)30-25(33)29-20-8-6-18(7-9-20)19-11-14-32(15-12-19)26(34)31-24-21(27)4-3-13-28-24/h3-10,13,16,19H,11-12,14-15H2,1-2H3,(H,28,31,34)(H2,29,30,33). The smallest absolute Gasteiger partial charge is 0.323 e. The van der Waals surface area contributed by atoms with Crippen molar-refractivity contribution in [2.45, 2.75) is 25.7 Å². The fraction of sp³-hybridized carbons (Fsp3) is 0.269. The van der Waals surface area contributed by atoms with E-state index >= 15 is 0 Å². The van der Waals surface area contributed by atoms with E-state index in [1.807, 2.05) is 49.4 Å². The molecule has 0 radical (unpaired) electrons. The lowest BCUT2D eigenvalue weighted by Gasteiger charge is -2.32. The zero-order chi connectivity index (χ0) is 24.8. The maximum absolute atomic E-state index is 13.7. The summed E-state index contributed by atoms with van der Waals surface area (Å²) >= 11 is 0. The summed E-state index contributed by atoms with van der Waals surface area (Å²) in [6.45, 7) is 3.07. The first-order valence-electron chi connectivity index (χ1n) is 11.4. The quantitative estimate of drug-likeness (QED) is 0.446. The van der Waals surface area contributed by atoms with Gasteiger partial charge in [-0.3, -0.25) is 5.32 Å². The number of nitrogens with zero attached hydrogens (tertiary/aromatic N) is 2. The van der Waals surface area contributed by atoms with E-state index in [0.717, 1.165) is 24.0 Å². The number of hydrogen-bond acceptors (Lipinski definition) is 4. The molecule has 0 spiro atoms. The summed E-state index contributed by atoms with van der Waals surface area (Å²) in [6.07, 6.45) is 3.02. The van der Waals surface area contributed by atoms with E-state index < -0.39 is 5.82 Å². The van der Waals surface area contributed by atoms with Gasteiger partial charge < -0.3 is 20.3 Å². The summed E-state index contributed by atoms with van der Waals surface area (Å²) in [4.78, 5) is 30.4. The van der Waals surface area contributed by atoms with Crippen LogP contribution in [0.25, 0.3) is 0 Å². The predicted molar refractivity (Wildman–Crippen MR) is 134 cm³/mol. The molecule has 8 nitrogen and oxygen atoms in total. The van der Waals surface area contributed by atoms with E-state index in [2.05, 4.69) is 20.9 Å². The van der Waals surface area contributed by atoms with Crippen LogP contribution in [0.2, 0.25) is 0 Å². The van der Waals surface area contributed by atoms with Crippen molar-refractivity contribution in [3.63, 3.8) is 0 Å². The van der Waals surface area contributed by atoms with Crippen LogP contribution in [0.5, 0.6) is 5.75 Å². The molecule has 2 heterocycles. The van der Waals surface area contributed by atoms with Gasteiger partial charge in [0.1, 0.15) is 5.75 Å². The highest BCUT2D eigenvalue weighted by molar-refractivity contribution is 6.00. The van der Waals surface area contributed by atoms with Crippen LogP contribution in [-0.4, -0.2) is 42.1 Å². The molecular weight excluding hydrogens is 449 g/mol. The third-order valence-electron chi connectivity index (χ3n) is 6.01. The number of pyridine rings is 1. The minimum Gasteiger partial charge on any atom is -0.495 e. The number of likely N-dealkylation sites (tertiary alicyclic amines) is 1. The van der Waals surface area contributed by atoms with Crippen LogP contribution in [0.15, 0.2) is 60.8 Å². The maximum Gasteiger partial charge on any atom is 0.323 e. The number of halogens is 1. The highest BCUT2D eigenvalue weighted by Crippen LogP contribution is 2.30. The van der Waals surface area contributed by atoms with Crippen molar-refractivity contribution in [3.8, 4) is 5.75 Å². The summed E-state index contributed by atoms with van der Waals surface area (Å²) < 4.78 is 19.0. The number of rotatable bonds is 5. The number of aryl methyl sites for hydroxylation is 1.